The Hall–Kier alpha value is -0.970. The van der Waals surface area contributed by atoms with E-state index in [1.54, 1.807) is 11.8 Å². The van der Waals surface area contributed by atoms with Crippen LogP contribution in [0.3, 0.4) is 0 Å². The Morgan fingerprint density at radius 2 is 1.95 bits per heavy atom. The predicted molar refractivity (Wildman–Crippen MR) is 84.3 cm³/mol. The lowest BCUT2D eigenvalue weighted by Gasteiger charge is -2.21. The Balaban J connectivity index is 2.25. The average molecular weight is 311 g/mol. The largest absolute Gasteiger partial charge is 0.437 e. The molecule has 20 heavy (non-hydrogen) atoms. The number of rotatable bonds is 5. The van der Waals surface area contributed by atoms with Gasteiger partial charge in [-0.15, -0.1) is 0 Å². The smallest absolute Gasteiger partial charge is 0.256 e. The van der Waals surface area contributed by atoms with Crippen LogP contribution in [0.2, 0.25) is 5.02 Å². The lowest BCUT2D eigenvalue weighted by atomic mass is 10.0. The van der Waals surface area contributed by atoms with Gasteiger partial charge in [0.2, 0.25) is 0 Å². The lowest BCUT2D eigenvalue weighted by Crippen LogP contribution is -2.25. The van der Waals surface area contributed by atoms with Crippen LogP contribution in [0.5, 0.6) is 0 Å². The van der Waals surface area contributed by atoms with Gasteiger partial charge in [-0.3, -0.25) is 0 Å². The lowest BCUT2D eigenvalue weighted by molar-refractivity contribution is 0.429. The molecular weight excluding hydrogens is 292 g/mol. The minimum Gasteiger partial charge on any atom is -0.437 e. The molecule has 2 aromatic rings. The molecular formula is C15H19ClN2OS. The van der Waals surface area contributed by atoms with Crippen molar-refractivity contribution < 1.29 is 4.42 Å². The van der Waals surface area contributed by atoms with Gasteiger partial charge in [-0.2, -0.15) is 0 Å². The second kappa shape index (κ2) is 6.66. The third-order valence-corrected chi connectivity index (χ3v) is 4.80. The molecule has 0 aliphatic carbocycles. The number of nitrogens with two attached hydrogens (primary N) is 1. The van der Waals surface area contributed by atoms with Gasteiger partial charge in [0.1, 0.15) is 5.76 Å². The molecule has 0 saturated heterocycles. The van der Waals surface area contributed by atoms with Gasteiger partial charge in [-0.1, -0.05) is 42.4 Å². The van der Waals surface area contributed by atoms with Gasteiger partial charge in [0.15, 0.2) is 0 Å². The summed E-state index contributed by atoms with van der Waals surface area (Å²) in [6, 6.07) is 7.84. The van der Waals surface area contributed by atoms with Crippen LogP contribution < -0.4 is 5.73 Å². The molecule has 5 heteroatoms. The zero-order valence-electron chi connectivity index (χ0n) is 11.9. The van der Waals surface area contributed by atoms with Crippen LogP contribution in [0.1, 0.15) is 35.6 Å². The molecule has 1 aromatic heterocycles. The van der Waals surface area contributed by atoms with Crippen molar-refractivity contribution >= 4 is 23.4 Å². The molecule has 1 heterocycles. The summed E-state index contributed by atoms with van der Waals surface area (Å²) < 4.78 is 5.65. The maximum absolute atomic E-state index is 6.26. The van der Waals surface area contributed by atoms with E-state index in [1.165, 1.54) is 0 Å². The average Bonchev–Trinajstić information content (AvgIpc) is 2.75. The van der Waals surface area contributed by atoms with E-state index in [1.807, 2.05) is 38.1 Å². The van der Waals surface area contributed by atoms with Crippen LogP contribution in [0.15, 0.2) is 33.9 Å². The number of hydrogen-bond acceptors (Lipinski definition) is 4. The SMILES string of the molecule is CCC(N)C(Sc1nc(C)c(C)o1)c1ccc(Cl)cc1. The second-order valence-electron chi connectivity index (χ2n) is 4.78. The molecule has 2 unspecified atom stereocenters. The van der Waals surface area contributed by atoms with E-state index >= 15 is 0 Å². The summed E-state index contributed by atoms with van der Waals surface area (Å²) in [6.07, 6.45) is 0.888. The van der Waals surface area contributed by atoms with E-state index in [0.29, 0.717) is 5.22 Å². The molecule has 0 amide bonds. The van der Waals surface area contributed by atoms with Gasteiger partial charge < -0.3 is 10.2 Å². The van der Waals surface area contributed by atoms with Crippen molar-refractivity contribution in [2.45, 2.75) is 43.7 Å². The van der Waals surface area contributed by atoms with Gasteiger partial charge in [-0.05, 0) is 38.0 Å². The fraction of sp³-hybridized carbons (Fsp3) is 0.400. The quantitative estimate of drug-likeness (QED) is 0.825. The highest BCUT2D eigenvalue weighted by atomic mass is 35.5. The van der Waals surface area contributed by atoms with Gasteiger partial charge in [0.25, 0.3) is 5.22 Å². The van der Waals surface area contributed by atoms with E-state index in [2.05, 4.69) is 11.9 Å². The Bertz CT molecular complexity index is 548. The molecule has 0 aliphatic heterocycles. The number of aryl methyl sites for hydroxylation is 2. The predicted octanol–water partition coefficient (Wildman–Crippen LogP) is 4.52. The number of aromatic nitrogens is 1. The summed E-state index contributed by atoms with van der Waals surface area (Å²) >= 11 is 7.51. The first-order chi connectivity index (χ1) is 9.51. The maximum atomic E-state index is 6.26. The van der Waals surface area contributed by atoms with Crippen LogP contribution in [0.25, 0.3) is 0 Å². The van der Waals surface area contributed by atoms with Crippen molar-refractivity contribution in [1.29, 1.82) is 0 Å². The maximum Gasteiger partial charge on any atom is 0.256 e. The molecule has 0 bridgehead atoms. The minimum atomic E-state index is 0.0358. The first-order valence-corrected chi connectivity index (χ1v) is 7.88. The van der Waals surface area contributed by atoms with Crippen molar-refractivity contribution in [2.75, 3.05) is 0 Å². The Morgan fingerprint density at radius 1 is 1.30 bits per heavy atom. The molecule has 0 saturated carbocycles. The summed E-state index contributed by atoms with van der Waals surface area (Å²) in [5.74, 6) is 0.854. The Morgan fingerprint density at radius 3 is 2.45 bits per heavy atom. The molecule has 0 fully saturated rings. The van der Waals surface area contributed by atoms with Crippen molar-refractivity contribution in [1.82, 2.24) is 4.98 Å². The van der Waals surface area contributed by atoms with Crippen molar-refractivity contribution in [3.63, 3.8) is 0 Å². The minimum absolute atomic E-state index is 0.0358. The highest BCUT2D eigenvalue weighted by Crippen LogP contribution is 2.38. The second-order valence-corrected chi connectivity index (χ2v) is 6.31. The summed E-state index contributed by atoms with van der Waals surface area (Å²) in [4.78, 5) is 4.42. The zero-order chi connectivity index (χ0) is 14.7. The van der Waals surface area contributed by atoms with E-state index < -0.39 is 0 Å². The normalized spacial score (nSPS) is 14.2. The number of halogens is 1. The monoisotopic (exact) mass is 310 g/mol. The molecule has 2 atom stereocenters. The molecule has 0 spiro atoms. The number of hydrogen-bond donors (Lipinski definition) is 1. The number of thioether (sulfide) groups is 1. The zero-order valence-corrected chi connectivity index (χ0v) is 13.5. The van der Waals surface area contributed by atoms with Crippen LogP contribution in [-0.4, -0.2) is 11.0 Å². The van der Waals surface area contributed by atoms with Gasteiger partial charge >= 0.3 is 0 Å². The van der Waals surface area contributed by atoms with Crippen LogP contribution in [0, 0.1) is 13.8 Å². The number of benzene rings is 1. The standard InChI is InChI=1S/C15H19ClN2OS/c1-4-13(17)14(11-5-7-12(16)8-6-11)20-15-18-9(2)10(3)19-15/h5-8,13-14H,4,17H2,1-3H3. The van der Waals surface area contributed by atoms with E-state index in [-0.39, 0.29) is 11.3 Å². The Labute approximate surface area is 128 Å². The molecule has 108 valence electrons. The molecule has 1 aromatic carbocycles. The third kappa shape index (κ3) is 3.57. The summed E-state index contributed by atoms with van der Waals surface area (Å²) in [7, 11) is 0. The summed E-state index contributed by atoms with van der Waals surface area (Å²) in [6.45, 7) is 5.95. The fourth-order valence-corrected chi connectivity index (χ4v) is 3.24. The van der Waals surface area contributed by atoms with Crippen LogP contribution in [-0.2, 0) is 0 Å². The highest BCUT2D eigenvalue weighted by molar-refractivity contribution is 7.99. The molecule has 0 aliphatic rings. The first-order valence-electron chi connectivity index (χ1n) is 6.63. The van der Waals surface area contributed by atoms with Crippen molar-refractivity contribution in [3.05, 3.63) is 46.3 Å². The van der Waals surface area contributed by atoms with Gasteiger partial charge in [0.05, 0.1) is 10.9 Å². The van der Waals surface area contributed by atoms with Gasteiger partial charge in [-0.25, -0.2) is 4.98 Å². The third-order valence-electron chi connectivity index (χ3n) is 3.30. The Kier molecular flexibility index (Phi) is 5.13. The number of nitrogens with zero attached hydrogens (tertiary/aromatic N) is 1. The van der Waals surface area contributed by atoms with Gasteiger partial charge in [0, 0.05) is 11.1 Å². The summed E-state index contributed by atoms with van der Waals surface area (Å²) in [5, 5.41) is 1.50. The van der Waals surface area contributed by atoms with E-state index in [0.717, 1.165) is 28.5 Å². The van der Waals surface area contributed by atoms with Crippen molar-refractivity contribution in [3.8, 4) is 0 Å². The topological polar surface area (TPSA) is 52.0 Å². The summed E-state index contributed by atoms with van der Waals surface area (Å²) in [5.41, 5.74) is 8.32. The molecule has 3 nitrogen and oxygen atoms in total. The van der Waals surface area contributed by atoms with E-state index in [9.17, 15) is 0 Å². The highest BCUT2D eigenvalue weighted by Gasteiger charge is 2.22. The number of oxazole rings is 1. The van der Waals surface area contributed by atoms with E-state index in [4.69, 9.17) is 21.8 Å². The fourth-order valence-electron chi connectivity index (χ4n) is 1.87. The first kappa shape index (κ1) is 15.4. The van der Waals surface area contributed by atoms with Crippen LogP contribution in [0.4, 0.5) is 0 Å². The molecule has 0 radical (unpaired) electrons. The molecule has 2 rings (SSSR count). The van der Waals surface area contributed by atoms with Crippen LogP contribution >= 0.6 is 23.4 Å². The molecule has 2 N–H and O–H groups in total. The van der Waals surface area contributed by atoms with Crippen molar-refractivity contribution in [2.24, 2.45) is 5.73 Å².